The number of alkyl halides is 3. The number of amidine groups is 1. The number of rotatable bonds is 5. The molecule has 0 saturated carbocycles. The summed E-state index contributed by atoms with van der Waals surface area (Å²) in [5, 5.41) is 10.3. The molecule has 9 heteroatoms. The average molecular weight is 553 g/mol. The van der Waals surface area contributed by atoms with Gasteiger partial charge in [-0.2, -0.15) is 13.2 Å². The number of carboxylic acids is 1. The van der Waals surface area contributed by atoms with Gasteiger partial charge >= 0.3 is 12.1 Å². The van der Waals surface area contributed by atoms with Crippen LogP contribution in [-0.4, -0.2) is 16.9 Å². The van der Waals surface area contributed by atoms with Crippen molar-refractivity contribution in [2.45, 2.75) is 25.6 Å². The summed E-state index contributed by atoms with van der Waals surface area (Å²) in [5.41, 5.74) is 2.12. The Labute approximate surface area is 226 Å². The van der Waals surface area contributed by atoms with E-state index in [1.807, 2.05) is 12.1 Å². The highest BCUT2D eigenvalue weighted by molar-refractivity contribution is 6.30. The number of aliphatic imine (C=N–C) groups is 1. The molecule has 4 aromatic carbocycles. The van der Waals surface area contributed by atoms with Crippen LogP contribution in [0, 0.1) is 12.7 Å². The largest absolute Gasteiger partial charge is 0.481 e. The Bertz CT molecular complexity index is 1600. The molecule has 1 N–H and O–H groups in total. The second kappa shape index (κ2) is 10.2. The van der Waals surface area contributed by atoms with E-state index < -0.39 is 36.0 Å². The minimum Gasteiger partial charge on any atom is -0.481 e. The zero-order valence-corrected chi connectivity index (χ0v) is 21.3. The van der Waals surface area contributed by atoms with Crippen LogP contribution in [0.15, 0.2) is 89.9 Å². The number of carboxylic acid groups (broad SMARTS) is 1. The van der Waals surface area contributed by atoms with Crippen LogP contribution in [0.1, 0.15) is 34.7 Å². The topological polar surface area (TPSA) is 52.9 Å². The molecule has 0 bridgehead atoms. The minimum atomic E-state index is -4.62. The zero-order chi connectivity index (χ0) is 27.9. The summed E-state index contributed by atoms with van der Waals surface area (Å²) in [6.07, 6.45) is -5.11. The van der Waals surface area contributed by atoms with E-state index in [-0.39, 0.29) is 22.8 Å². The van der Waals surface area contributed by atoms with Crippen LogP contribution >= 0.6 is 11.6 Å². The first kappa shape index (κ1) is 26.4. The Morgan fingerprint density at radius 3 is 2.31 bits per heavy atom. The van der Waals surface area contributed by atoms with E-state index in [0.717, 1.165) is 23.3 Å². The number of hydrogen-bond donors (Lipinski definition) is 1. The Balaban J connectivity index is 1.71. The van der Waals surface area contributed by atoms with Crippen LogP contribution in [0.2, 0.25) is 5.02 Å². The summed E-state index contributed by atoms with van der Waals surface area (Å²) in [7, 11) is 0. The summed E-state index contributed by atoms with van der Waals surface area (Å²) in [5.74, 6) is -1.70. The normalized spacial score (nSPS) is 15.1. The van der Waals surface area contributed by atoms with Crippen molar-refractivity contribution < 1.29 is 27.5 Å². The van der Waals surface area contributed by atoms with E-state index in [9.17, 15) is 23.1 Å². The lowest BCUT2D eigenvalue weighted by atomic mass is 9.93. The molecule has 4 aromatic rings. The van der Waals surface area contributed by atoms with E-state index in [4.69, 9.17) is 11.6 Å². The van der Waals surface area contributed by atoms with Gasteiger partial charge in [0, 0.05) is 21.8 Å². The highest BCUT2D eigenvalue weighted by atomic mass is 35.5. The Hall–Kier alpha value is -4.17. The molecule has 0 spiro atoms. The number of benzene rings is 4. The second-order valence-corrected chi connectivity index (χ2v) is 9.68. The maximum atomic E-state index is 15.2. The Morgan fingerprint density at radius 2 is 1.64 bits per heavy atom. The molecule has 1 aliphatic heterocycles. The van der Waals surface area contributed by atoms with Crippen molar-refractivity contribution in [1.82, 2.24) is 0 Å². The quantitative estimate of drug-likeness (QED) is 0.252. The van der Waals surface area contributed by atoms with E-state index in [1.165, 1.54) is 23.1 Å². The molecule has 4 nitrogen and oxygen atoms in total. The molecule has 0 radical (unpaired) electrons. The first-order valence-electron chi connectivity index (χ1n) is 11.9. The molecule has 0 amide bonds. The fourth-order valence-corrected chi connectivity index (χ4v) is 4.95. The van der Waals surface area contributed by atoms with Crippen LogP contribution in [0.5, 0.6) is 0 Å². The molecule has 198 valence electrons. The summed E-state index contributed by atoms with van der Waals surface area (Å²) < 4.78 is 56.1. The molecular formula is C30H21ClF4N2O2. The van der Waals surface area contributed by atoms with Crippen molar-refractivity contribution in [1.29, 1.82) is 0 Å². The smallest absolute Gasteiger partial charge is 0.416 e. The van der Waals surface area contributed by atoms with Crippen LogP contribution in [-0.2, 0) is 11.0 Å². The lowest BCUT2D eigenvalue weighted by Gasteiger charge is -2.38. The molecule has 1 heterocycles. The zero-order valence-electron chi connectivity index (χ0n) is 20.5. The SMILES string of the molecule is Cc1cc(F)c2c(c1)C(CC(=O)O)N(c1cccc(C(F)(F)F)c1)C(c1ccc(-c3cccc(Cl)c3)cc1)=N2. The van der Waals surface area contributed by atoms with Crippen LogP contribution in [0.4, 0.5) is 28.9 Å². The lowest BCUT2D eigenvalue weighted by Crippen LogP contribution is -2.39. The van der Waals surface area contributed by atoms with Gasteiger partial charge in [0.15, 0.2) is 0 Å². The molecule has 0 aliphatic carbocycles. The van der Waals surface area contributed by atoms with E-state index in [2.05, 4.69) is 4.99 Å². The van der Waals surface area contributed by atoms with Gasteiger partial charge in [-0.05, 0) is 60.0 Å². The second-order valence-electron chi connectivity index (χ2n) is 9.24. The molecule has 5 rings (SSSR count). The van der Waals surface area contributed by atoms with Crippen molar-refractivity contribution in [2.24, 2.45) is 4.99 Å². The van der Waals surface area contributed by atoms with Crippen molar-refractivity contribution >= 4 is 34.8 Å². The molecule has 0 aromatic heterocycles. The standard InChI is InChI=1S/C30H21ClF4N2O2/c1-17-12-24-26(16-27(38)39)37(23-7-3-5-21(15-23)30(33,34)35)29(36-28(24)25(32)13-17)19-10-8-18(9-11-19)20-4-2-6-22(31)14-20/h2-15,26H,16H2,1H3,(H,38,39). The van der Waals surface area contributed by atoms with Crippen LogP contribution < -0.4 is 4.90 Å². The number of halogens is 5. The summed E-state index contributed by atoms with van der Waals surface area (Å²) >= 11 is 6.12. The first-order chi connectivity index (χ1) is 18.5. The van der Waals surface area contributed by atoms with Gasteiger partial charge in [-0.3, -0.25) is 4.79 Å². The minimum absolute atomic E-state index is 0.0380. The number of hydrogen-bond acceptors (Lipinski definition) is 3. The van der Waals surface area contributed by atoms with Crippen molar-refractivity contribution in [3.63, 3.8) is 0 Å². The first-order valence-corrected chi connectivity index (χ1v) is 12.3. The molecule has 0 fully saturated rings. The monoisotopic (exact) mass is 552 g/mol. The van der Waals surface area contributed by atoms with Crippen molar-refractivity contribution in [3.8, 4) is 11.1 Å². The summed E-state index contributed by atoms with van der Waals surface area (Å²) in [4.78, 5) is 18.0. The van der Waals surface area contributed by atoms with Gasteiger partial charge in [-0.15, -0.1) is 0 Å². The van der Waals surface area contributed by atoms with Gasteiger partial charge < -0.3 is 10.0 Å². The number of anilines is 1. The Kier molecular flexibility index (Phi) is 6.91. The summed E-state index contributed by atoms with van der Waals surface area (Å²) in [6, 6.07) is 20.7. The van der Waals surface area contributed by atoms with Gasteiger partial charge in [0.05, 0.1) is 18.0 Å². The fourth-order valence-electron chi connectivity index (χ4n) is 4.76. The molecule has 1 unspecified atom stereocenters. The summed E-state index contributed by atoms with van der Waals surface area (Å²) in [6.45, 7) is 1.66. The van der Waals surface area contributed by atoms with Crippen molar-refractivity contribution in [3.05, 3.63) is 118 Å². The molecule has 0 saturated heterocycles. The third-order valence-corrected chi connectivity index (χ3v) is 6.71. The predicted octanol–water partition coefficient (Wildman–Crippen LogP) is 8.59. The van der Waals surface area contributed by atoms with Gasteiger partial charge in [0.1, 0.15) is 17.3 Å². The predicted molar refractivity (Wildman–Crippen MR) is 143 cm³/mol. The number of aliphatic carboxylic acids is 1. The maximum absolute atomic E-state index is 15.2. The molecule has 1 aliphatic rings. The van der Waals surface area contributed by atoms with Gasteiger partial charge in [-0.1, -0.05) is 60.1 Å². The number of fused-ring (bicyclic) bond motifs is 1. The van der Waals surface area contributed by atoms with E-state index in [1.54, 1.807) is 49.4 Å². The van der Waals surface area contributed by atoms with Crippen molar-refractivity contribution in [2.75, 3.05) is 4.90 Å². The third kappa shape index (κ3) is 5.38. The van der Waals surface area contributed by atoms with Gasteiger partial charge in [-0.25, -0.2) is 9.38 Å². The van der Waals surface area contributed by atoms with Crippen LogP contribution in [0.25, 0.3) is 11.1 Å². The third-order valence-electron chi connectivity index (χ3n) is 6.47. The molecule has 39 heavy (non-hydrogen) atoms. The van der Waals surface area contributed by atoms with Gasteiger partial charge in [0.2, 0.25) is 0 Å². The lowest BCUT2D eigenvalue weighted by molar-refractivity contribution is -0.138. The number of nitrogens with zero attached hydrogens (tertiary/aromatic N) is 2. The number of aryl methyl sites for hydroxylation is 1. The average Bonchev–Trinajstić information content (AvgIpc) is 2.88. The maximum Gasteiger partial charge on any atom is 0.416 e. The Morgan fingerprint density at radius 1 is 0.949 bits per heavy atom. The molecule has 1 atom stereocenters. The van der Waals surface area contributed by atoms with Crippen LogP contribution in [0.3, 0.4) is 0 Å². The van der Waals surface area contributed by atoms with E-state index in [0.29, 0.717) is 16.1 Å². The number of carbonyl (C=O) groups is 1. The van der Waals surface area contributed by atoms with Gasteiger partial charge in [0.25, 0.3) is 0 Å². The highest BCUT2D eigenvalue weighted by Gasteiger charge is 2.37. The van der Waals surface area contributed by atoms with E-state index >= 15 is 4.39 Å². The fraction of sp³-hybridized carbons (Fsp3) is 0.133. The highest BCUT2D eigenvalue weighted by Crippen LogP contribution is 2.44. The molecular weight excluding hydrogens is 532 g/mol.